The van der Waals surface area contributed by atoms with Crippen LogP contribution in [-0.2, 0) is 17.1 Å². The number of sulfonamides is 1. The number of nitrogens with zero attached hydrogens (tertiary/aromatic N) is 1. The molecule has 0 aliphatic rings. The maximum Gasteiger partial charge on any atom is 0.271 e. The number of aryl methyl sites for hydroxylation is 3. The predicted molar refractivity (Wildman–Crippen MR) is 131 cm³/mol. The van der Waals surface area contributed by atoms with Crippen molar-refractivity contribution in [2.75, 3.05) is 4.72 Å². The molecule has 1 heterocycles. The first-order valence-electron chi connectivity index (χ1n) is 10.5. The summed E-state index contributed by atoms with van der Waals surface area (Å²) in [5.74, 6) is -0.972. The lowest BCUT2D eigenvalue weighted by molar-refractivity contribution is 0.0847. The van der Waals surface area contributed by atoms with Crippen molar-refractivity contribution in [2.45, 2.75) is 18.7 Å². The molecule has 0 saturated heterocycles. The molecule has 4 aromatic rings. The number of hydrogen-bond donors (Lipinski definition) is 3. The van der Waals surface area contributed by atoms with Gasteiger partial charge in [0, 0.05) is 35.4 Å². The van der Waals surface area contributed by atoms with E-state index in [0.717, 1.165) is 22.0 Å². The monoisotopic (exact) mass is 476 g/mol. The third kappa shape index (κ3) is 4.65. The Morgan fingerprint density at radius 3 is 2.21 bits per heavy atom. The molecule has 0 radical (unpaired) electrons. The van der Waals surface area contributed by atoms with Gasteiger partial charge in [-0.15, -0.1) is 0 Å². The topological polar surface area (TPSA) is 109 Å². The van der Waals surface area contributed by atoms with E-state index in [1.165, 1.54) is 24.3 Å². The zero-order valence-electron chi connectivity index (χ0n) is 18.9. The lowest BCUT2D eigenvalue weighted by Crippen LogP contribution is -2.41. The van der Waals surface area contributed by atoms with Crippen molar-refractivity contribution in [3.05, 3.63) is 95.2 Å². The van der Waals surface area contributed by atoms with Crippen LogP contribution in [0.25, 0.3) is 10.9 Å². The van der Waals surface area contributed by atoms with Gasteiger partial charge in [0.1, 0.15) is 0 Å². The second-order valence-electron chi connectivity index (χ2n) is 8.01. The highest BCUT2D eigenvalue weighted by Gasteiger charge is 2.17. The Kier molecular flexibility index (Phi) is 6.12. The van der Waals surface area contributed by atoms with E-state index < -0.39 is 21.8 Å². The number of para-hydroxylation sites is 1. The molecule has 0 saturated carbocycles. The van der Waals surface area contributed by atoms with E-state index in [-0.39, 0.29) is 10.5 Å². The molecule has 4 rings (SSSR count). The van der Waals surface area contributed by atoms with Crippen LogP contribution in [0.3, 0.4) is 0 Å². The third-order valence-corrected chi connectivity index (χ3v) is 7.00. The molecule has 8 nitrogen and oxygen atoms in total. The summed E-state index contributed by atoms with van der Waals surface area (Å²) < 4.78 is 29.6. The number of carbonyl (C=O) groups is 2. The van der Waals surface area contributed by atoms with Crippen LogP contribution in [0.5, 0.6) is 0 Å². The summed E-state index contributed by atoms with van der Waals surface area (Å²) in [6, 6.07) is 18.3. The van der Waals surface area contributed by atoms with Crippen LogP contribution in [0.2, 0.25) is 0 Å². The molecule has 0 bridgehead atoms. The summed E-state index contributed by atoms with van der Waals surface area (Å²) in [5, 5.41) is 0.775. The van der Waals surface area contributed by atoms with Gasteiger partial charge in [-0.2, -0.15) is 0 Å². The summed E-state index contributed by atoms with van der Waals surface area (Å²) >= 11 is 0. The quantitative estimate of drug-likeness (QED) is 0.382. The zero-order valence-corrected chi connectivity index (χ0v) is 19.7. The molecule has 3 N–H and O–H groups in total. The van der Waals surface area contributed by atoms with Gasteiger partial charge in [0.25, 0.3) is 21.8 Å². The Morgan fingerprint density at radius 1 is 0.824 bits per heavy atom. The Bertz CT molecular complexity index is 1510. The first-order chi connectivity index (χ1) is 16.2. The van der Waals surface area contributed by atoms with E-state index in [9.17, 15) is 18.0 Å². The standard InChI is InChI=1S/C25H24N4O4S/c1-16-8-13-20(14-17(16)2)34(32,33)28-19-11-9-18(10-12-19)24(30)26-27-25(31)22-15-29(3)23-7-5-4-6-21(22)23/h4-15,28H,1-3H3,(H,26,30)(H,27,31). The summed E-state index contributed by atoms with van der Waals surface area (Å²) in [4.78, 5) is 25.2. The van der Waals surface area contributed by atoms with Crippen molar-refractivity contribution in [3.63, 3.8) is 0 Å². The molecule has 9 heteroatoms. The van der Waals surface area contributed by atoms with Crippen molar-refractivity contribution >= 4 is 38.4 Å². The summed E-state index contributed by atoms with van der Waals surface area (Å²) in [6.07, 6.45) is 1.70. The molecule has 0 atom stereocenters. The molecule has 3 aromatic carbocycles. The first-order valence-corrected chi connectivity index (χ1v) is 12.0. The van der Waals surface area contributed by atoms with Gasteiger partial charge in [-0.1, -0.05) is 24.3 Å². The van der Waals surface area contributed by atoms with E-state index >= 15 is 0 Å². The maximum atomic E-state index is 12.7. The average Bonchev–Trinajstić information content (AvgIpc) is 3.16. The Hall–Kier alpha value is -4.11. The lowest BCUT2D eigenvalue weighted by atomic mass is 10.1. The summed E-state index contributed by atoms with van der Waals surface area (Å²) in [6.45, 7) is 3.76. The molecule has 34 heavy (non-hydrogen) atoms. The van der Waals surface area contributed by atoms with Crippen LogP contribution >= 0.6 is 0 Å². The number of hydrogen-bond acceptors (Lipinski definition) is 4. The number of amides is 2. The van der Waals surface area contributed by atoms with E-state index in [4.69, 9.17) is 0 Å². The molecule has 0 unspecified atom stereocenters. The highest BCUT2D eigenvalue weighted by atomic mass is 32.2. The number of rotatable bonds is 5. The molecular weight excluding hydrogens is 452 g/mol. The first kappa shape index (κ1) is 23.1. The Labute approximate surface area is 197 Å². The second-order valence-corrected chi connectivity index (χ2v) is 9.69. The minimum absolute atomic E-state index is 0.161. The van der Waals surface area contributed by atoms with Crippen LogP contribution in [0.4, 0.5) is 5.69 Å². The van der Waals surface area contributed by atoms with Gasteiger partial charge in [-0.05, 0) is 67.4 Å². The van der Waals surface area contributed by atoms with Gasteiger partial charge in [-0.3, -0.25) is 25.2 Å². The van der Waals surface area contributed by atoms with Crippen LogP contribution < -0.4 is 15.6 Å². The molecule has 0 spiro atoms. The molecule has 174 valence electrons. The largest absolute Gasteiger partial charge is 0.350 e. The van der Waals surface area contributed by atoms with Crippen molar-refractivity contribution in [1.82, 2.24) is 15.4 Å². The van der Waals surface area contributed by atoms with Gasteiger partial charge in [0.05, 0.1) is 10.5 Å². The Morgan fingerprint density at radius 2 is 1.50 bits per heavy atom. The lowest BCUT2D eigenvalue weighted by Gasteiger charge is -2.11. The van der Waals surface area contributed by atoms with Crippen LogP contribution in [-0.4, -0.2) is 24.8 Å². The van der Waals surface area contributed by atoms with Crippen molar-refractivity contribution in [1.29, 1.82) is 0 Å². The van der Waals surface area contributed by atoms with Crippen LogP contribution in [0.1, 0.15) is 31.8 Å². The summed E-state index contributed by atoms with van der Waals surface area (Å²) in [5.41, 5.74) is 8.60. The predicted octanol–water partition coefficient (Wildman–Crippen LogP) is 3.67. The molecule has 2 amide bonds. The number of aromatic nitrogens is 1. The normalized spacial score (nSPS) is 11.3. The highest BCUT2D eigenvalue weighted by molar-refractivity contribution is 7.92. The zero-order chi connectivity index (χ0) is 24.5. The van der Waals surface area contributed by atoms with Crippen LogP contribution in [0.15, 0.2) is 77.8 Å². The molecular formula is C25H24N4O4S. The van der Waals surface area contributed by atoms with Gasteiger partial charge in [0.2, 0.25) is 0 Å². The van der Waals surface area contributed by atoms with Gasteiger partial charge < -0.3 is 4.57 Å². The number of carbonyl (C=O) groups excluding carboxylic acids is 2. The maximum absolute atomic E-state index is 12.7. The van der Waals surface area contributed by atoms with E-state index in [0.29, 0.717) is 11.3 Å². The van der Waals surface area contributed by atoms with Crippen molar-refractivity contribution in [2.24, 2.45) is 7.05 Å². The fraction of sp³-hybridized carbons (Fsp3) is 0.120. The minimum atomic E-state index is -3.76. The van der Waals surface area contributed by atoms with Gasteiger partial charge >= 0.3 is 0 Å². The third-order valence-electron chi connectivity index (χ3n) is 5.62. The number of anilines is 1. The van der Waals surface area contributed by atoms with E-state index in [1.54, 1.807) is 24.4 Å². The van der Waals surface area contributed by atoms with E-state index in [2.05, 4.69) is 15.6 Å². The molecule has 1 aromatic heterocycles. The fourth-order valence-electron chi connectivity index (χ4n) is 3.56. The average molecular weight is 477 g/mol. The van der Waals surface area contributed by atoms with E-state index in [1.807, 2.05) is 49.7 Å². The van der Waals surface area contributed by atoms with Gasteiger partial charge in [-0.25, -0.2) is 8.42 Å². The minimum Gasteiger partial charge on any atom is -0.350 e. The number of fused-ring (bicyclic) bond motifs is 1. The summed E-state index contributed by atoms with van der Waals surface area (Å²) in [7, 11) is -1.92. The molecule has 0 aliphatic carbocycles. The van der Waals surface area contributed by atoms with Crippen LogP contribution in [0, 0.1) is 13.8 Å². The highest BCUT2D eigenvalue weighted by Crippen LogP contribution is 2.21. The molecule has 0 aliphatic heterocycles. The fourth-order valence-corrected chi connectivity index (χ4v) is 4.70. The SMILES string of the molecule is Cc1ccc(S(=O)(=O)Nc2ccc(C(=O)NNC(=O)c3cn(C)c4ccccc34)cc2)cc1C. The number of nitrogens with one attached hydrogen (secondary N) is 3. The van der Waals surface area contributed by atoms with Crippen molar-refractivity contribution < 1.29 is 18.0 Å². The Balaban J connectivity index is 1.41. The molecule has 0 fully saturated rings. The number of benzene rings is 3. The second kappa shape index (κ2) is 9.03. The van der Waals surface area contributed by atoms with Crippen molar-refractivity contribution in [3.8, 4) is 0 Å². The smallest absolute Gasteiger partial charge is 0.271 e. The van der Waals surface area contributed by atoms with Gasteiger partial charge in [0.15, 0.2) is 0 Å². The number of hydrazine groups is 1.